The summed E-state index contributed by atoms with van der Waals surface area (Å²) in [6.07, 6.45) is -0.638. The second-order valence-electron chi connectivity index (χ2n) is 11.5. The maximum Gasteiger partial charge on any atom is 0.306 e. The van der Waals surface area contributed by atoms with Gasteiger partial charge in [0.25, 0.3) is 16.4 Å². The van der Waals surface area contributed by atoms with Crippen LogP contribution in [0.1, 0.15) is 60.3 Å². The molecule has 0 bridgehead atoms. The van der Waals surface area contributed by atoms with Crippen LogP contribution in [0.2, 0.25) is 0 Å². The van der Waals surface area contributed by atoms with Crippen molar-refractivity contribution in [3.63, 3.8) is 0 Å². The van der Waals surface area contributed by atoms with Crippen LogP contribution < -0.4 is 0 Å². The van der Waals surface area contributed by atoms with Gasteiger partial charge in [-0.25, -0.2) is 25.6 Å². The molecule has 1 aliphatic carbocycles. The number of carboxylic acid groups (broad SMARTS) is 1. The van der Waals surface area contributed by atoms with Gasteiger partial charge in [0.15, 0.2) is 0 Å². The summed E-state index contributed by atoms with van der Waals surface area (Å²) in [5.74, 6) is -1.97. The number of nitrogens with zero attached hydrogens (tertiary/aromatic N) is 3. The standard InChI is InChI=1S/C36H26F3N3O4S/c37-28-13-16-31-30(18-28)33(32-26(19-40)5-2-6-27(32)20-41)34(42(31)47(45,46)29-14-11-22(12-15-29)35(38)39)25-4-1-3-24(17-25)21-7-9-23(10-8-21)36(43)44/h1-6,11-18,21,23,35H,7-10H2,(H,43,44). The maximum atomic E-state index is 15.0. The third-order valence-electron chi connectivity index (χ3n) is 8.82. The molecule has 1 N–H and O–H groups in total. The van der Waals surface area contributed by atoms with Gasteiger partial charge in [-0.3, -0.25) is 4.79 Å². The first kappa shape index (κ1) is 31.6. The molecule has 0 atom stereocenters. The van der Waals surface area contributed by atoms with Crippen LogP contribution in [0.15, 0.2) is 89.8 Å². The molecule has 6 rings (SSSR count). The number of aromatic nitrogens is 1. The van der Waals surface area contributed by atoms with Gasteiger partial charge in [-0.05, 0) is 85.7 Å². The molecule has 0 aliphatic heterocycles. The molecule has 0 radical (unpaired) electrons. The SMILES string of the molecule is N#Cc1cccc(C#N)c1-c1c(-c2cccc(C3CCC(C(=O)O)CC3)c2)n(S(=O)(=O)c2ccc(C(F)F)cc2)c2ccc(F)cc12. The summed E-state index contributed by atoms with van der Waals surface area (Å²) in [4.78, 5) is 11.3. The lowest BCUT2D eigenvalue weighted by Crippen LogP contribution is -2.20. The van der Waals surface area contributed by atoms with E-state index in [1.54, 1.807) is 18.2 Å². The van der Waals surface area contributed by atoms with Crippen molar-refractivity contribution >= 4 is 26.9 Å². The average Bonchev–Trinajstić information content (AvgIpc) is 3.42. The normalized spacial score (nSPS) is 16.6. The summed E-state index contributed by atoms with van der Waals surface area (Å²) in [5, 5.41) is 29.8. The van der Waals surface area contributed by atoms with Crippen molar-refractivity contribution in [1.82, 2.24) is 3.97 Å². The topological polar surface area (TPSA) is 124 Å². The molecule has 1 aromatic heterocycles. The Morgan fingerprint density at radius 3 is 2.09 bits per heavy atom. The van der Waals surface area contributed by atoms with E-state index in [4.69, 9.17) is 0 Å². The maximum absolute atomic E-state index is 15.0. The van der Waals surface area contributed by atoms with Crippen molar-refractivity contribution in [2.45, 2.75) is 42.9 Å². The van der Waals surface area contributed by atoms with Crippen molar-refractivity contribution in [3.05, 3.63) is 113 Å². The smallest absolute Gasteiger partial charge is 0.306 e. The van der Waals surface area contributed by atoms with Crippen LogP contribution in [0, 0.1) is 34.4 Å². The van der Waals surface area contributed by atoms with E-state index in [1.807, 2.05) is 6.07 Å². The number of rotatable bonds is 7. The van der Waals surface area contributed by atoms with Crippen molar-refractivity contribution in [2.75, 3.05) is 0 Å². The Bertz CT molecular complexity index is 2190. The summed E-state index contributed by atoms with van der Waals surface area (Å²) >= 11 is 0. The summed E-state index contributed by atoms with van der Waals surface area (Å²) in [6.45, 7) is 0. The molecule has 7 nitrogen and oxygen atoms in total. The Labute approximate surface area is 268 Å². The van der Waals surface area contributed by atoms with E-state index in [0.29, 0.717) is 31.2 Å². The van der Waals surface area contributed by atoms with Gasteiger partial charge in [0.1, 0.15) is 5.82 Å². The van der Waals surface area contributed by atoms with E-state index in [2.05, 4.69) is 12.1 Å². The molecule has 1 saturated carbocycles. The van der Waals surface area contributed by atoms with Crippen LogP contribution >= 0.6 is 0 Å². The van der Waals surface area contributed by atoms with Crippen molar-refractivity contribution in [3.8, 4) is 34.5 Å². The predicted octanol–water partition coefficient (Wildman–Crippen LogP) is 8.39. The van der Waals surface area contributed by atoms with Gasteiger partial charge in [0.05, 0.1) is 45.3 Å². The molecule has 11 heteroatoms. The van der Waals surface area contributed by atoms with Gasteiger partial charge >= 0.3 is 5.97 Å². The third kappa shape index (κ3) is 5.64. The second kappa shape index (κ2) is 12.4. The predicted molar refractivity (Wildman–Crippen MR) is 169 cm³/mol. The van der Waals surface area contributed by atoms with E-state index < -0.39 is 34.2 Å². The van der Waals surface area contributed by atoms with Gasteiger partial charge in [0.2, 0.25) is 0 Å². The van der Waals surface area contributed by atoms with Crippen LogP contribution in [0.3, 0.4) is 0 Å². The largest absolute Gasteiger partial charge is 0.481 e. The van der Waals surface area contributed by atoms with Crippen molar-refractivity contribution < 1.29 is 31.5 Å². The molecular weight excluding hydrogens is 627 g/mol. The Kier molecular flexibility index (Phi) is 8.35. The summed E-state index contributed by atoms with van der Waals surface area (Å²) in [6, 6.07) is 23.5. The van der Waals surface area contributed by atoms with E-state index in [0.717, 1.165) is 45.9 Å². The molecule has 0 unspecified atom stereocenters. The fourth-order valence-corrected chi connectivity index (χ4v) is 8.06. The van der Waals surface area contributed by atoms with Gasteiger partial charge in [0, 0.05) is 27.6 Å². The molecule has 236 valence electrons. The number of hydrogen-bond donors (Lipinski definition) is 1. The zero-order chi connectivity index (χ0) is 33.5. The minimum absolute atomic E-state index is 0.0103. The van der Waals surface area contributed by atoms with Gasteiger partial charge in [-0.1, -0.05) is 36.4 Å². The number of hydrogen-bond acceptors (Lipinski definition) is 5. The number of nitriles is 2. The Hall–Kier alpha value is -5.39. The number of benzene rings is 4. The first-order chi connectivity index (χ1) is 22.5. The fraction of sp³-hybridized carbons (Fsp3) is 0.194. The fourth-order valence-electron chi connectivity index (χ4n) is 6.51. The zero-order valence-electron chi connectivity index (χ0n) is 24.7. The molecular formula is C36H26F3N3O4S. The highest BCUT2D eigenvalue weighted by Crippen LogP contribution is 2.46. The zero-order valence-corrected chi connectivity index (χ0v) is 25.5. The van der Waals surface area contributed by atoms with Crippen LogP contribution in [0.5, 0.6) is 0 Å². The number of fused-ring (bicyclic) bond motifs is 1. The number of carbonyl (C=O) groups is 1. The monoisotopic (exact) mass is 653 g/mol. The molecule has 4 aromatic carbocycles. The van der Waals surface area contributed by atoms with E-state index in [-0.39, 0.29) is 55.2 Å². The molecule has 0 saturated heterocycles. The minimum Gasteiger partial charge on any atom is -0.481 e. The Balaban J connectivity index is 1.68. The summed E-state index contributed by atoms with van der Waals surface area (Å²) < 4.78 is 71.8. The highest BCUT2D eigenvalue weighted by Gasteiger charge is 2.32. The number of carboxylic acids is 1. The molecule has 0 spiro atoms. The number of alkyl halides is 2. The van der Waals surface area contributed by atoms with Crippen molar-refractivity contribution in [2.24, 2.45) is 5.92 Å². The van der Waals surface area contributed by atoms with E-state index in [9.17, 15) is 42.0 Å². The van der Waals surface area contributed by atoms with Gasteiger partial charge in [-0.15, -0.1) is 0 Å². The van der Waals surface area contributed by atoms with Crippen LogP contribution in [-0.4, -0.2) is 23.5 Å². The minimum atomic E-state index is -4.56. The van der Waals surface area contributed by atoms with Crippen LogP contribution in [-0.2, 0) is 14.8 Å². The van der Waals surface area contributed by atoms with Crippen molar-refractivity contribution in [1.29, 1.82) is 10.5 Å². The molecule has 1 aliphatic rings. The molecule has 5 aromatic rings. The molecule has 47 heavy (non-hydrogen) atoms. The highest BCUT2D eigenvalue weighted by molar-refractivity contribution is 7.90. The first-order valence-electron chi connectivity index (χ1n) is 14.8. The van der Waals surface area contributed by atoms with E-state index in [1.165, 1.54) is 24.3 Å². The summed E-state index contributed by atoms with van der Waals surface area (Å²) in [5.41, 5.74) is 1.38. The Morgan fingerprint density at radius 1 is 0.851 bits per heavy atom. The van der Waals surface area contributed by atoms with E-state index >= 15 is 0 Å². The average molecular weight is 654 g/mol. The number of halogens is 3. The Morgan fingerprint density at radius 2 is 1.49 bits per heavy atom. The quantitative estimate of drug-likeness (QED) is 0.188. The lowest BCUT2D eigenvalue weighted by molar-refractivity contribution is -0.142. The molecule has 1 heterocycles. The van der Waals surface area contributed by atoms with Crippen LogP contribution in [0.4, 0.5) is 13.2 Å². The van der Waals surface area contributed by atoms with Gasteiger partial charge in [-0.2, -0.15) is 10.5 Å². The van der Waals surface area contributed by atoms with Gasteiger partial charge < -0.3 is 5.11 Å². The highest BCUT2D eigenvalue weighted by atomic mass is 32.2. The molecule has 1 fully saturated rings. The first-order valence-corrected chi connectivity index (χ1v) is 16.2. The lowest BCUT2D eigenvalue weighted by Gasteiger charge is -2.27. The summed E-state index contributed by atoms with van der Waals surface area (Å²) in [7, 11) is -4.56. The third-order valence-corrected chi connectivity index (χ3v) is 10.5. The second-order valence-corrected chi connectivity index (χ2v) is 13.3. The number of aliphatic carboxylic acids is 1. The molecule has 0 amide bonds. The lowest BCUT2D eigenvalue weighted by atomic mass is 9.78. The van der Waals surface area contributed by atoms with Crippen LogP contribution in [0.25, 0.3) is 33.3 Å².